The smallest absolute Gasteiger partial charge is 0.410 e. The molecule has 2 fully saturated rings. The van der Waals surface area contributed by atoms with Crippen LogP contribution in [0.3, 0.4) is 0 Å². The highest BCUT2D eigenvalue weighted by atomic mass is 16.6. The van der Waals surface area contributed by atoms with E-state index in [9.17, 15) is 9.90 Å². The summed E-state index contributed by atoms with van der Waals surface area (Å²) in [5.74, 6) is 0. The fourth-order valence-electron chi connectivity index (χ4n) is 2.15. The van der Waals surface area contributed by atoms with E-state index in [-0.39, 0.29) is 12.2 Å². The standard InChI is InChI=1S/C10H17NO3/c12-8-4-3-5-9(8)14-10(13)11-6-1-2-7-11/h8-9,12H,1-7H2/t8-,9+/m1/s1. The van der Waals surface area contributed by atoms with E-state index in [4.69, 9.17) is 4.74 Å². The summed E-state index contributed by atoms with van der Waals surface area (Å²) in [6, 6.07) is 0. The van der Waals surface area contributed by atoms with Crippen molar-refractivity contribution in [1.82, 2.24) is 4.90 Å². The topological polar surface area (TPSA) is 49.8 Å². The molecule has 2 atom stereocenters. The minimum atomic E-state index is -0.443. The Kier molecular flexibility index (Phi) is 2.91. The summed E-state index contributed by atoms with van der Waals surface area (Å²) in [5.41, 5.74) is 0. The van der Waals surface area contributed by atoms with Gasteiger partial charge in [0.1, 0.15) is 6.10 Å². The second kappa shape index (κ2) is 4.17. The van der Waals surface area contributed by atoms with Crippen LogP contribution < -0.4 is 0 Å². The van der Waals surface area contributed by atoms with Crippen molar-refractivity contribution >= 4 is 6.09 Å². The van der Waals surface area contributed by atoms with Crippen molar-refractivity contribution in [2.24, 2.45) is 0 Å². The van der Waals surface area contributed by atoms with Crippen molar-refractivity contribution < 1.29 is 14.6 Å². The number of nitrogens with zero attached hydrogens (tertiary/aromatic N) is 1. The molecule has 0 aromatic rings. The number of likely N-dealkylation sites (tertiary alicyclic amines) is 1. The normalized spacial score (nSPS) is 32.2. The fourth-order valence-corrected chi connectivity index (χ4v) is 2.15. The number of hydrogen-bond donors (Lipinski definition) is 1. The Hall–Kier alpha value is -0.770. The van der Waals surface area contributed by atoms with Gasteiger partial charge in [-0.15, -0.1) is 0 Å². The Bertz CT molecular complexity index is 213. The lowest BCUT2D eigenvalue weighted by Crippen LogP contribution is -2.34. The van der Waals surface area contributed by atoms with Crippen LogP contribution in [-0.4, -0.2) is 41.4 Å². The molecule has 80 valence electrons. The molecule has 1 saturated heterocycles. The van der Waals surface area contributed by atoms with Gasteiger partial charge >= 0.3 is 6.09 Å². The summed E-state index contributed by atoms with van der Waals surface area (Å²) >= 11 is 0. The third-order valence-corrected chi connectivity index (χ3v) is 3.03. The van der Waals surface area contributed by atoms with Crippen molar-refractivity contribution in [1.29, 1.82) is 0 Å². The van der Waals surface area contributed by atoms with Crippen molar-refractivity contribution in [2.45, 2.75) is 44.3 Å². The van der Waals surface area contributed by atoms with E-state index in [1.807, 2.05) is 0 Å². The SMILES string of the molecule is O=C(O[C@H]1CCC[C@H]1O)N1CCCC1. The van der Waals surface area contributed by atoms with E-state index in [0.29, 0.717) is 0 Å². The quantitative estimate of drug-likeness (QED) is 0.688. The van der Waals surface area contributed by atoms with Gasteiger partial charge in [-0.2, -0.15) is 0 Å². The Morgan fingerprint density at radius 2 is 1.93 bits per heavy atom. The molecule has 4 heteroatoms. The predicted molar refractivity (Wildman–Crippen MR) is 50.9 cm³/mol. The van der Waals surface area contributed by atoms with Crippen LogP contribution in [-0.2, 0) is 4.74 Å². The molecule has 2 rings (SSSR count). The van der Waals surface area contributed by atoms with Crippen LogP contribution in [0.4, 0.5) is 4.79 Å². The molecule has 1 saturated carbocycles. The van der Waals surface area contributed by atoms with Crippen LogP contribution in [0.2, 0.25) is 0 Å². The van der Waals surface area contributed by atoms with E-state index in [1.165, 1.54) is 0 Å². The maximum Gasteiger partial charge on any atom is 0.410 e. The lowest BCUT2D eigenvalue weighted by molar-refractivity contribution is 0.00811. The number of hydrogen-bond acceptors (Lipinski definition) is 3. The molecular weight excluding hydrogens is 182 g/mol. The van der Waals surface area contributed by atoms with Crippen LogP contribution in [0, 0.1) is 0 Å². The Balaban J connectivity index is 1.81. The van der Waals surface area contributed by atoms with Crippen LogP contribution in [0.5, 0.6) is 0 Å². The summed E-state index contributed by atoms with van der Waals surface area (Å²) in [6.07, 6.45) is 3.72. The molecule has 1 aliphatic carbocycles. The summed E-state index contributed by atoms with van der Waals surface area (Å²) < 4.78 is 5.24. The summed E-state index contributed by atoms with van der Waals surface area (Å²) in [7, 11) is 0. The van der Waals surface area contributed by atoms with Crippen molar-refractivity contribution in [3.63, 3.8) is 0 Å². The first kappa shape index (κ1) is 9.77. The molecule has 4 nitrogen and oxygen atoms in total. The Morgan fingerprint density at radius 3 is 2.50 bits per heavy atom. The van der Waals surface area contributed by atoms with Gasteiger partial charge in [0, 0.05) is 13.1 Å². The monoisotopic (exact) mass is 199 g/mol. The van der Waals surface area contributed by atoms with Gasteiger partial charge in [-0.25, -0.2) is 4.79 Å². The number of carbonyl (C=O) groups is 1. The third-order valence-electron chi connectivity index (χ3n) is 3.03. The van der Waals surface area contributed by atoms with Gasteiger partial charge in [0.05, 0.1) is 6.10 Å². The van der Waals surface area contributed by atoms with E-state index < -0.39 is 6.10 Å². The highest BCUT2D eigenvalue weighted by Crippen LogP contribution is 2.23. The van der Waals surface area contributed by atoms with Crippen LogP contribution in [0.25, 0.3) is 0 Å². The molecule has 0 radical (unpaired) electrons. The van der Waals surface area contributed by atoms with Gasteiger partial charge in [-0.1, -0.05) is 0 Å². The van der Waals surface area contributed by atoms with Gasteiger partial charge < -0.3 is 14.7 Å². The van der Waals surface area contributed by atoms with Gasteiger partial charge in [-0.3, -0.25) is 0 Å². The molecule has 14 heavy (non-hydrogen) atoms. The molecule has 0 aromatic carbocycles. The van der Waals surface area contributed by atoms with Crippen LogP contribution in [0.15, 0.2) is 0 Å². The number of aliphatic hydroxyl groups excluding tert-OH is 1. The molecule has 0 aromatic heterocycles. The molecule has 2 aliphatic rings. The minimum Gasteiger partial charge on any atom is -0.443 e. The van der Waals surface area contributed by atoms with Gasteiger partial charge in [0.25, 0.3) is 0 Å². The molecule has 1 heterocycles. The first-order valence-electron chi connectivity index (χ1n) is 5.41. The van der Waals surface area contributed by atoms with Crippen LogP contribution >= 0.6 is 0 Å². The fraction of sp³-hybridized carbons (Fsp3) is 0.900. The van der Waals surface area contributed by atoms with Gasteiger partial charge in [-0.05, 0) is 32.1 Å². The largest absolute Gasteiger partial charge is 0.443 e. The number of amides is 1. The second-order valence-corrected chi connectivity index (χ2v) is 4.11. The van der Waals surface area contributed by atoms with Gasteiger partial charge in [0.15, 0.2) is 0 Å². The third kappa shape index (κ3) is 2.00. The van der Waals surface area contributed by atoms with Crippen LogP contribution in [0.1, 0.15) is 32.1 Å². The second-order valence-electron chi connectivity index (χ2n) is 4.11. The Labute approximate surface area is 83.8 Å². The maximum atomic E-state index is 11.5. The van der Waals surface area contributed by atoms with E-state index >= 15 is 0 Å². The lowest BCUT2D eigenvalue weighted by Gasteiger charge is -2.20. The number of ether oxygens (including phenoxy) is 1. The average Bonchev–Trinajstić information content (AvgIpc) is 2.77. The first-order chi connectivity index (χ1) is 6.77. The molecular formula is C10H17NO3. The van der Waals surface area contributed by atoms with Crippen molar-refractivity contribution in [3.05, 3.63) is 0 Å². The maximum absolute atomic E-state index is 11.5. The molecule has 1 N–H and O–H groups in total. The minimum absolute atomic E-state index is 0.242. The summed E-state index contributed by atoms with van der Waals surface area (Å²) in [5, 5.41) is 9.48. The highest BCUT2D eigenvalue weighted by Gasteiger charge is 2.30. The van der Waals surface area contributed by atoms with E-state index in [1.54, 1.807) is 4.90 Å². The summed E-state index contributed by atoms with van der Waals surface area (Å²) in [4.78, 5) is 13.3. The molecule has 0 spiro atoms. The zero-order chi connectivity index (χ0) is 9.97. The number of rotatable bonds is 1. The van der Waals surface area contributed by atoms with E-state index in [2.05, 4.69) is 0 Å². The zero-order valence-corrected chi connectivity index (χ0v) is 8.32. The predicted octanol–water partition coefficient (Wildman–Crippen LogP) is 1.13. The molecule has 1 aliphatic heterocycles. The van der Waals surface area contributed by atoms with Crippen molar-refractivity contribution in [3.8, 4) is 0 Å². The van der Waals surface area contributed by atoms with Crippen molar-refractivity contribution in [2.75, 3.05) is 13.1 Å². The van der Waals surface area contributed by atoms with Gasteiger partial charge in [0.2, 0.25) is 0 Å². The molecule has 0 bridgehead atoms. The Morgan fingerprint density at radius 1 is 1.21 bits per heavy atom. The first-order valence-corrected chi connectivity index (χ1v) is 5.41. The zero-order valence-electron chi connectivity index (χ0n) is 8.32. The molecule has 1 amide bonds. The number of carbonyl (C=O) groups excluding carboxylic acids is 1. The highest BCUT2D eigenvalue weighted by molar-refractivity contribution is 5.68. The number of aliphatic hydroxyl groups is 1. The molecule has 0 unspecified atom stereocenters. The average molecular weight is 199 g/mol. The summed E-state index contributed by atoms with van der Waals surface area (Å²) in [6.45, 7) is 1.61. The lowest BCUT2D eigenvalue weighted by atomic mass is 10.3. The van der Waals surface area contributed by atoms with E-state index in [0.717, 1.165) is 45.2 Å².